The number of hydrogen-bond donors (Lipinski definition) is 2. The first-order valence-electron chi connectivity index (χ1n) is 4.84. The molecule has 0 aromatic carbocycles. The van der Waals surface area contributed by atoms with Crippen LogP contribution >= 0.6 is 0 Å². The SMILES string of the molecule is CC1(C)CC1(CC(=O)O)c1ccc[nH]1. The van der Waals surface area contributed by atoms with E-state index in [-0.39, 0.29) is 17.3 Å². The molecule has 3 heteroatoms. The molecule has 1 aromatic heterocycles. The zero-order chi connectivity index (χ0) is 10.4. The maximum absolute atomic E-state index is 10.8. The number of aromatic nitrogens is 1. The Bertz CT molecular complexity index is 353. The molecule has 0 saturated heterocycles. The monoisotopic (exact) mass is 193 g/mol. The van der Waals surface area contributed by atoms with Crippen LogP contribution in [0.5, 0.6) is 0 Å². The quantitative estimate of drug-likeness (QED) is 0.772. The van der Waals surface area contributed by atoms with E-state index in [0.29, 0.717) is 0 Å². The second-order valence-electron chi connectivity index (χ2n) is 4.80. The maximum atomic E-state index is 10.8. The van der Waals surface area contributed by atoms with Gasteiger partial charge in [0, 0.05) is 17.3 Å². The lowest BCUT2D eigenvalue weighted by atomic mass is 9.89. The van der Waals surface area contributed by atoms with Crippen molar-refractivity contribution in [1.82, 2.24) is 4.98 Å². The number of rotatable bonds is 3. The number of H-pyrrole nitrogens is 1. The van der Waals surface area contributed by atoms with Crippen molar-refractivity contribution in [3.63, 3.8) is 0 Å². The molecule has 0 radical (unpaired) electrons. The van der Waals surface area contributed by atoms with E-state index in [1.54, 1.807) is 0 Å². The van der Waals surface area contributed by atoms with Gasteiger partial charge in [0.25, 0.3) is 0 Å². The Kier molecular flexibility index (Phi) is 1.74. The van der Waals surface area contributed by atoms with Gasteiger partial charge in [-0.25, -0.2) is 0 Å². The highest BCUT2D eigenvalue weighted by Crippen LogP contribution is 2.65. The zero-order valence-corrected chi connectivity index (χ0v) is 8.50. The second kappa shape index (κ2) is 2.62. The van der Waals surface area contributed by atoms with Gasteiger partial charge in [-0.1, -0.05) is 13.8 Å². The highest BCUT2D eigenvalue weighted by molar-refractivity contribution is 5.70. The van der Waals surface area contributed by atoms with Crippen LogP contribution in [0, 0.1) is 5.41 Å². The van der Waals surface area contributed by atoms with Crippen LogP contribution in [0.4, 0.5) is 0 Å². The predicted octanol–water partition coefficient (Wildman–Crippen LogP) is 2.16. The van der Waals surface area contributed by atoms with Crippen molar-refractivity contribution < 1.29 is 9.90 Å². The predicted molar refractivity (Wildman–Crippen MR) is 53.1 cm³/mol. The van der Waals surface area contributed by atoms with Gasteiger partial charge in [0.05, 0.1) is 6.42 Å². The average molecular weight is 193 g/mol. The fourth-order valence-electron chi connectivity index (χ4n) is 2.45. The summed E-state index contributed by atoms with van der Waals surface area (Å²) in [6.45, 7) is 4.24. The van der Waals surface area contributed by atoms with Gasteiger partial charge >= 0.3 is 5.97 Å². The normalized spacial score (nSPS) is 28.7. The van der Waals surface area contributed by atoms with Crippen molar-refractivity contribution in [3.05, 3.63) is 24.0 Å². The van der Waals surface area contributed by atoms with E-state index in [9.17, 15) is 4.79 Å². The second-order valence-corrected chi connectivity index (χ2v) is 4.80. The van der Waals surface area contributed by atoms with Gasteiger partial charge in [-0.15, -0.1) is 0 Å². The van der Waals surface area contributed by atoms with Crippen LogP contribution in [0.3, 0.4) is 0 Å². The van der Waals surface area contributed by atoms with Crippen LogP contribution in [0.1, 0.15) is 32.4 Å². The molecule has 14 heavy (non-hydrogen) atoms. The zero-order valence-electron chi connectivity index (χ0n) is 8.50. The van der Waals surface area contributed by atoms with E-state index in [4.69, 9.17) is 5.11 Å². The van der Waals surface area contributed by atoms with Crippen molar-refractivity contribution in [1.29, 1.82) is 0 Å². The van der Waals surface area contributed by atoms with Gasteiger partial charge in [-0.05, 0) is 24.0 Å². The molecule has 1 unspecified atom stereocenters. The topological polar surface area (TPSA) is 53.1 Å². The molecule has 0 amide bonds. The summed E-state index contributed by atoms with van der Waals surface area (Å²) in [6.07, 6.45) is 3.03. The van der Waals surface area contributed by atoms with Gasteiger partial charge in [0.1, 0.15) is 0 Å². The Morgan fingerprint density at radius 2 is 2.29 bits per heavy atom. The maximum Gasteiger partial charge on any atom is 0.304 e. The molecule has 1 heterocycles. The molecular formula is C11H15NO2. The van der Waals surface area contributed by atoms with Gasteiger partial charge < -0.3 is 10.1 Å². The lowest BCUT2D eigenvalue weighted by molar-refractivity contribution is -0.138. The fourth-order valence-corrected chi connectivity index (χ4v) is 2.45. The number of aliphatic carboxylic acids is 1. The van der Waals surface area contributed by atoms with Crippen molar-refractivity contribution in [2.75, 3.05) is 0 Å². The Hall–Kier alpha value is -1.25. The van der Waals surface area contributed by atoms with Crippen LogP contribution in [0.15, 0.2) is 18.3 Å². The Morgan fingerprint density at radius 1 is 1.64 bits per heavy atom. The summed E-state index contributed by atoms with van der Waals surface area (Å²) in [5.74, 6) is -0.717. The van der Waals surface area contributed by atoms with Gasteiger partial charge in [0.2, 0.25) is 0 Å². The number of aromatic amines is 1. The minimum absolute atomic E-state index is 0.107. The van der Waals surface area contributed by atoms with Gasteiger partial charge in [-0.2, -0.15) is 0 Å². The van der Waals surface area contributed by atoms with Crippen LogP contribution in [-0.4, -0.2) is 16.1 Å². The van der Waals surface area contributed by atoms with E-state index < -0.39 is 5.97 Å². The highest BCUT2D eigenvalue weighted by Gasteiger charge is 2.63. The third kappa shape index (κ3) is 1.15. The minimum Gasteiger partial charge on any atom is -0.481 e. The third-order valence-corrected chi connectivity index (χ3v) is 3.48. The summed E-state index contributed by atoms with van der Waals surface area (Å²) in [5.41, 5.74) is 1.00. The molecule has 1 aliphatic carbocycles. The van der Waals surface area contributed by atoms with Crippen LogP contribution in [0.25, 0.3) is 0 Å². The molecule has 1 saturated carbocycles. The van der Waals surface area contributed by atoms with Gasteiger partial charge in [-0.3, -0.25) is 4.79 Å². The average Bonchev–Trinajstić information content (AvgIpc) is 2.53. The molecule has 0 aliphatic heterocycles. The highest BCUT2D eigenvalue weighted by atomic mass is 16.4. The van der Waals surface area contributed by atoms with E-state index in [0.717, 1.165) is 12.1 Å². The first kappa shape index (κ1) is 9.31. The molecule has 0 spiro atoms. The molecule has 0 bridgehead atoms. The van der Waals surface area contributed by atoms with Crippen LogP contribution in [-0.2, 0) is 10.2 Å². The van der Waals surface area contributed by atoms with Crippen LogP contribution in [0.2, 0.25) is 0 Å². The largest absolute Gasteiger partial charge is 0.481 e. The summed E-state index contributed by atoms with van der Waals surface area (Å²) in [4.78, 5) is 14.0. The van der Waals surface area contributed by atoms with E-state index >= 15 is 0 Å². The number of carboxylic acid groups (broad SMARTS) is 1. The molecule has 1 aliphatic rings. The molecule has 76 valence electrons. The molecule has 2 rings (SSSR count). The Morgan fingerprint density at radius 3 is 2.64 bits per heavy atom. The van der Waals surface area contributed by atoms with E-state index in [1.807, 2.05) is 18.3 Å². The molecule has 1 fully saturated rings. The first-order chi connectivity index (χ1) is 6.48. The number of nitrogens with one attached hydrogen (secondary N) is 1. The molecule has 2 N–H and O–H groups in total. The summed E-state index contributed by atoms with van der Waals surface area (Å²) in [7, 11) is 0. The fraction of sp³-hybridized carbons (Fsp3) is 0.545. The number of hydrogen-bond acceptors (Lipinski definition) is 1. The van der Waals surface area contributed by atoms with Gasteiger partial charge in [0.15, 0.2) is 0 Å². The van der Waals surface area contributed by atoms with Crippen LogP contribution < -0.4 is 0 Å². The molecular weight excluding hydrogens is 178 g/mol. The lowest BCUT2D eigenvalue weighted by Gasteiger charge is -2.16. The van der Waals surface area contributed by atoms with Crippen molar-refractivity contribution in [3.8, 4) is 0 Å². The van der Waals surface area contributed by atoms with Crippen molar-refractivity contribution >= 4 is 5.97 Å². The molecule has 1 aromatic rings. The lowest BCUT2D eigenvalue weighted by Crippen LogP contribution is -2.19. The van der Waals surface area contributed by atoms with E-state index in [2.05, 4.69) is 18.8 Å². The number of carbonyl (C=O) groups is 1. The number of carboxylic acids is 1. The standard InChI is InChI=1S/C11H15NO2/c1-10(2)7-11(10,6-9(13)14)8-4-3-5-12-8/h3-5,12H,6-7H2,1-2H3,(H,13,14). The smallest absolute Gasteiger partial charge is 0.304 e. The molecule has 1 atom stereocenters. The summed E-state index contributed by atoms with van der Waals surface area (Å²) in [6, 6.07) is 3.91. The Balaban J connectivity index is 2.31. The minimum atomic E-state index is -0.717. The third-order valence-electron chi connectivity index (χ3n) is 3.48. The van der Waals surface area contributed by atoms with Crippen molar-refractivity contribution in [2.24, 2.45) is 5.41 Å². The summed E-state index contributed by atoms with van der Waals surface area (Å²) in [5, 5.41) is 8.91. The first-order valence-corrected chi connectivity index (χ1v) is 4.84. The van der Waals surface area contributed by atoms with Crippen molar-refractivity contribution in [2.45, 2.75) is 32.1 Å². The summed E-state index contributed by atoms with van der Waals surface area (Å²) < 4.78 is 0. The Labute approximate surface area is 83.1 Å². The van der Waals surface area contributed by atoms with E-state index in [1.165, 1.54) is 0 Å². The summed E-state index contributed by atoms with van der Waals surface area (Å²) >= 11 is 0. The molecule has 3 nitrogen and oxygen atoms in total.